The van der Waals surface area contributed by atoms with Crippen molar-refractivity contribution in [2.75, 3.05) is 19.6 Å². The maximum Gasteiger partial charge on any atom is 0.237 e. The van der Waals surface area contributed by atoms with E-state index in [9.17, 15) is 4.79 Å². The molecule has 0 aromatic carbocycles. The summed E-state index contributed by atoms with van der Waals surface area (Å²) in [4.78, 5) is 13.8. The van der Waals surface area contributed by atoms with Crippen LogP contribution in [0.5, 0.6) is 0 Å². The summed E-state index contributed by atoms with van der Waals surface area (Å²) in [7, 11) is 0. The van der Waals surface area contributed by atoms with E-state index < -0.39 is 0 Å². The average Bonchev–Trinajstić information content (AvgIpc) is 2.18. The van der Waals surface area contributed by atoms with E-state index in [0.29, 0.717) is 0 Å². The molecule has 1 heterocycles. The molecule has 1 unspecified atom stereocenters. The van der Waals surface area contributed by atoms with Crippen molar-refractivity contribution in [3.8, 4) is 0 Å². The third kappa shape index (κ3) is 2.99. The normalized spacial score (nSPS) is 21.1. The van der Waals surface area contributed by atoms with Gasteiger partial charge in [-0.05, 0) is 39.8 Å². The number of hydrogen-bond donors (Lipinski definition) is 1. The molecule has 1 N–H and O–H groups in total. The fraction of sp³-hybridized carbons (Fsp3) is 0.900. The summed E-state index contributed by atoms with van der Waals surface area (Å²) in [5.41, 5.74) is 0. The van der Waals surface area contributed by atoms with Crippen molar-refractivity contribution >= 4 is 5.91 Å². The monoisotopic (exact) mass is 184 g/mol. The molecule has 0 aliphatic carbocycles. The van der Waals surface area contributed by atoms with E-state index in [4.69, 9.17) is 0 Å². The number of carbonyl (C=O) groups excluding carboxylic acids is 1. The maximum atomic E-state index is 11.5. The lowest BCUT2D eigenvalue weighted by Gasteiger charge is -2.31. The van der Waals surface area contributed by atoms with Crippen molar-refractivity contribution in [2.24, 2.45) is 0 Å². The fourth-order valence-corrected chi connectivity index (χ4v) is 1.79. The van der Waals surface area contributed by atoms with Crippen LogP contribution in [0.25, 0.3) is 0 Å². The van der Waals surface area contributed by atoms with Gasteiger partial charge in [0, 0.05) is 6.54 Å². The molecule has 0 saturated carbocycles. The standard InChI is InChI=1S/C10H20N2O/c1-3-11-10(13)9(2)12-7-5-4-6-8-12/h9H,3-8H2,1-2H3,(H,11,13). The number of likely N-dealkylation sites (tertiary alicyclic amines) is 1. The van der Waals surface area contributed by atoms with Crippen molar-refractivity contribution in [2.45, 2.75) is 39.2 Å². The van der Waals surface area contributed by atoms with Gasteiger partial charge >= 0.3 is 0 Å². The second-order valence-corrected chi connectivity index (χ2v) is 3.67. The van der Waals surface area contributed by atoms with Crippen LogP contribution in [0.4, 0.5) is 0 Å². The second kappa shape index (κ2) is 5.22. The van der Waals surface area contributed by atoms with Crippen LogP contribution in [0.1, 0.15) is 33.1 Å². The Morgan fingerprint density at radius 1 is 1.38 bits per heavy atom. The van der Waals surface area contributed by atoms with Crippen LogP contribution in [0.3, 0.4) is 0 Å². The van der Waals surface area contributed by atoms with Crippen LogP contribution in [0, 0.1) is 0 Å². The van der Waals surface area contributed by atoms with E-state index in [-0.39, 0.29) is 11.9 Å². The third-order valence-electron chi connectivity index (χ3n) is 2.67. The minimum atomic E-state index is 0.0558. The van der Waals surface area contributed by atoms with Gasteiger partial charge in [-0.3, -0.25) is 9.69 Å². The molecule has 3 heteroatoms. The number of amides is 1. The molecule has 1 atom stereocenters. The molecule has 1 aliphatic rings. The molecular weight excluding hydrogens is 164 g/mol. The molecule has 1 rings (SSSR count). The zero-order chi connectivity index (χ0) is 9.68. The number of nitrogens with zero attached hydrogens (tertiary/aromatic N) is 1. The van der Waals surface area contributed by atoms with Gasteiger partial charge in [0.25, 0.3) is 0 Å². The van der Waals surface area contributed by atoms with Gasteiger partial charge in [0.1, 0.15) is 0 Å². The fourth-order valence-electron chi connectivity index (χ4n) is 1.79. The number of nitrogens with one attached hydrogen (secondary N) is 1. The molecule has 3 nitrogen and oxygen atoms in total. The highest BCUT2D eigenvalue weighted by Gasteiger charge is 2.21. The molecular formula is C10H20N2O. The van der Waals surface area contributed by atoms with Crippen LogP contribution < -0.4 is 5.32 Å². The van der Waals surface area contributed by atoms with E-state index in [0.717, 1.165) is 19.6 Å². The van der Waals surface area contributed by atoms with Crippen LogP contribution in [0.15, 0.2) is 0 Å². The smallest absolute Gasteiger partial charge is 0.237 e. The highest BCUT2D eigenvalue weighted by Crippen LogP contribution is 2.11. The van der Waals surface area contributed by atoms with Crippen molar-refractivity contribution in [1.82, 2.24) is 10.2 Å². The first-order valence-electron chi connectivity index (χ1n) is 5.27. The molecule has 0 aromatic heterocycles. The molecule has 1 fully saturated rings. The Balaban J connectivity index is 2.35. The van der Waals surface area contributed by atoms with Gasteiger partial charge in [-0.15, -0.1) is 0 Å². The molecule has 1 amide bonds. The number of likely N-dealkylation sites (N-methyl/N-ethyl adjacent to an activating group) is 1. The van der Waals surface area contributed by atoms with Crippen molar-refractivity contribution in [3.05, 3.63) is 0 Å². The molecule has 76 valence electrons. The van der Waals surface area contributed by atoms with Gasteiger partial charge < -0.3 is 5.32 Å². The largest absolute Gasteiger partial charge is 0.355 e. The Bertz CT molecular complexity index is 164. The summed E-state index contributed by atoms with van der Waals surface area (Å²) < 4.78 is 0. The molecule has 1 saturated heterocycles. The van der Waals surface area contributed by atoms with Gasteiger partial charge in [0.15, 0.2) is 0 Å². The highest BCUT2D eigenvalue weighted by molar-refractivity contribution is 5.81. The molecule has 1 aliphatic heterocycles. The average molecular weight is 184 g/mol. The topological polar surface area (TPSA) is 32.3 Å². The molecule has 0 radical (unpaired) electrons. The van der Waals surface area contributed by atoms with Crippen LogP contribution in [0.2, 0.25) is 0 Å². The van der Waals surface area contributed by atoms with Crippen molar-refractivity contribution in [1.29, 1.82) is 0 Å². The summed E-state index contributed by atoms with van der Waals surface area (Å²) in [5.74, 6) is 0.171. The van der Waals surface area contributed by atoms with Gasteiger partial charge in [0.2, 0.25) is 5.91 Å². The highest BCUT2D eigenvalue weighted by atomic mass is 16.2. The van der Waals surface area contributed by atoms with Gasteiger partial charge in [-0.2, -0.15) is 0 Å². The van der Waals surface area contributed by atoms with E-state index in [1.54, 1.807) is 0 Å². The quantitative estimate of drug-likeness (QED) is 0.709. The maximum absolute atomic E-state index is 11.5. The lowest BCUT2D eigenvalue weighted by molar-refractivity contribution is -0.126. The number of rotatable bonds is 3. The Morgan fingerprint density at radius 2 is 2.00 bits per heavy atom. The third-order valence-corrected chi connectivity index (χ3v) is 2.67. The van der Waals surface area contributed by atoms with Crippen molar-refractivity contribution in [3.63, 3.8) is 0 Å². The first kappa shape index (κ1) is 10.5. The van der Waals surface area contributed by atoms with E-state index in [1.807, 2.05) is 13.8 Å². The first-order chi connectivity index (χ1) is 6.25. The van der Waals surface area contributed by atoms with Gasteiger partial charge in [0.05, 0.1) is 6.04 Å². The molecule has 0 bridgehead atoms. The van der Waals surface area contributed by atoms with Gasteiger partial charge in [-0.25, -0.2) is 0 Å². The summed E-state index contributed by atoms with van der Waals surface area (Å²) in [5, 5.41) is 2.86. The summed E-state index contributed by atoms with van der Waals surface area (Å²) in [6.07, 6.45) is 3.80. The van der Waals surface area contributed by atoms with E-state index in [2.05, 4.69) is 10.2 Å². The minimum absolute atomic E-state index is 0.0558. The van der Waals surface area contributed by atoms with E-state index >= 15 is 0 Å². The molecule has 13 heavy (non-hydrogen) atoms. The Hall–Kier alpha value is -0.570. The molecule has 0 spiro atoms. The number of hydrogen-bond acceptors (Lipinski definition) is 2. The lowest BCUT2D eigenvalue weighted by atomic mass is 10.1. The number of piperidine rings is 1. The van der Waals surface area contributed by atoms with Crippen LogP contribution >= 0.6 is 0 Å². The lowest BCUT2D eigenvalue weighted by Crippen LogP contribution is -2.47. The number of carbonyl (C=O) groups is 1. The summed E-state index contributed by atoms with van der Waals surface area (Å²) in [6.45, 7) is 6.85. The zero-order valence-corrected chi connectivity index (χ0v) is 8.68. The predicted octanol–water partition coefficient (Wildman–Crippen LogP) is 0.997. The molecule has 0 aromatic rings. The summed E-state index contributed by atoms with van der Waals surface area (Å²) in [6, 6.07) is 0.0558. The van der Waals surface area contributed by atoms with Crippen LogP contribution in [-0.4, -0.2) is 36.5 Å². The zero-order valence-electron chi connectivity index (χ0n) is 8.68. The minimum Gasteiger partial charge on any atom is -0.355 e. The Morgan fingerprint density at radius 3 is 2.54 bits per heavy atom. The van der Waals surface area contributed by atoms with Crippen LogP contribution in [-0.2, 0) is 4.79 Å². The first-order valence-corrected chi connectivity index (χ1v) is 5.27. The Labute approximate surface area is 80.5 Å². The van der Waals surface area contributed by atoms with E-state index in [1.165, 1.54) is 19.3 Å². The second-order valence-electron chi connectivity index (χ2n) is 3.67. The summed E-state index contributed by atoms with van der Waals surface area (Å²) >= 11 is 0. The van der Waals surface area contributed by atoms with Crippen molar-refractivity contribution < 1.29 is 4.79 Å². The van der Waals surface area contributed by atoms with Gasteiger partial charge in [-0.1, -0.05) is 6.42 Å². The Kier molecular flexibility index (Phi) is 4.22. The predicted molar refractivity (Wildman–Crippen MR) is 53.6 cm³/mol. The SMILES string of the molecule is CCNC(=O)C(C)N1CCCCC1.